The minimum absolute atomic E-state index is 0.203. The van der Waals surface area contributed by atoms with E-state index in [0.29, 0.717) is 16.9 Å². The van der Waals surface area contributed by atoms with Gasteiger partial charge in [0.2, 0.25) is 0 Å². The summed E-state index contributed by atoms with van der Waals surface area (Å²) in [5.41, 5.74) is 2.45. The first-order valence-corrected chi connectivity index (χ1v) is 9.84. The zero-order chi connectivity index (χ0) is 19.4. The molecule has 0 aliphatic carbocycles. The Kier molecular flexibility index (Phi) is 5.28. The molecule has 6 heteroatoms. The lowest BCUT2D eigenvalue weighted by Gasteiger charge is -2.20. The molecule has 0 aromatic heterocycles. The second kappa shape index (κ2) is 7.63. The maximum Gasteiger partial charge on any atom is 0.264 e. The van der Waals surface area contributed by atoms with E-state index < -0.39 is 10.0 Å². The average Bonchev–Trinajstić information content (AvgIpc) is 2.68. The zero-order valence-electron chi connectivity index (χ0n) is 15.1. The van der Waals surface area contributed by atoms with E-state index in [1.54, 1.807) is 60.7 Å². The summed E-state index contributed by atoms with van der Waals surface area (Å²) in [5.74, 6) is -0.302. The van der Waals surface area contributed by atoms with Crippen molar-refractivity contribution in [1.29, 1.82) is 0 Å². The molecule has 0 saturated carbocycles. The summed E-state index contributed by atoms with van der Waals surface area (Å²) in [5, 5.41) is 2.79. The van der Waals surface area contributed by atoms with E-state index >= 15 is 0 Å². The number of hydrogen-bond acceptors (Lipinski definition) is 3. The van der Waals surface area contributed by atoms with Gasteiger partial charge in [0.15, 0.2) is 0 Å². The summed E-state index contributed by atoms with van der Waals surface area (Å²) < 4.78 is 26.9. The number of hydrogen-bond donors (Lipinski definition) is 1. The van der Waals surface area contributed by atoms with Gasteiger partial charge in [-0.05, 0) is 49.4 Å². The quantitative estimate of drug-likeness (QED) is 0.725. The van der Waals surface area contributed by atoms with Crippen molar-refractivity contribution >= 4 is 27.3 Å². The van der Waals surface area contributed by atoms with Gasteiger partial charge >= 0.3 is 0 Å². The third-order valence-electron chi connectivity index (χ3n) is 4.18. The number of amides is 1. The molecule has 27 heavy (non-hydrogen) atoms. The fourth-order valence-corrected chi connectivity index (χ4v) is 3.76. The Labute approximate surface area is 159 Å². The predicted molar refractivity (Wildman–Crippen MR) is 108 cm³/mol. The van der Waals surface area contributed by atoms with Crippen molar-refractivity contribution in [1.82, 2.24) is 0 Å². The van der Waals surface area contributed by atoms with Gasteiger partial charge in [-0.1, -0.05) is 42.0 Å². The van der Waals surface area contributed by atoms with E-state index in [-0.39, 0.29) is 10.8 Å². The molecule has 1 N–H and O–H groups in total. The van der Waals surface area contributed by atoms with Crippen molar-refractivity contribution in [2.45, 2.75) is 11.8 Å². The predicted octanol–water partition coefficient (Wildman–Crippen LogP) is 4.07. The first kappa shape index (κ1) is 18.7. The van der Waals surface area contributed by atoms with E-state index in [9.17, 15) is 13.2 Å². The van der Waals surface area contributed by atoms with Gasteiger partial charge in [-0.15, -0.1) is 0 Å². The number of nitrogens with one attached hydrogen (secondary N) is 1. The van der Waals surface area contributed by atoms with Crippen LogP contribution in [0.15, 0.2) is 83.8 Å². The van der Waals surface area contributed by atoms with Crippen LogP contribution < -0.4 is 9.62 Å². The molecule has 138 valence electrons. The van der Waals surface area contributed by atoms with Crippen LogP contribution in [0, 0.1) is 6.92 Å². The molecule has 0 radical (unpaired) electrons. The third kappa shape index (κ3) is 4.17. The van der Waals surface area contributed by atoms with Gasteiger partial charge in [0, 0.05) is 18.3 Å². The van der Waals surface area contributed by atoms with Crippen molar-refractivity contribution in [3.8, 4) is 0 Å². The van der Waals surface area contributed by atoms with Crippen LogP contribution in [-0.2, 0) is 10.0 Å². The van der Waals surface area contributed by atoms with Crippen LogP contribution in [0.1, 0.15) is 15.9 Å². The number of sulfonamides is 1. The van der Waals surface area contributed by atoms with E-state index in [4.69, 9.17) is 0 Å². The second-order valence-electron chi connectivity index (χ2n) is 6.16. The van der Waals surface area contributed by atoms with Crippen molar-refractivity contribution in [3.63, 3.8) is 0 Å². The van der Waals surface area contributed by atoms with Crippen LogP contribution in [0.25, 0.3) is 0 Å². The van der Waals surface area contributed by atoms with Crippen molar-refractivity contribution in [3.05, 3.63) is 90.0 Å². The molecule has 0 saturated heterocycles. The van der Waals surface area contributed by atoms with E-state index in [1.807, 2.05) is 25.1 Å². The van der Waals surface area contributed by atoms with Gasteiger partial charge in [0.1, 0.15) is 0 Å². The molecule has 0 atom stereocenters. The Bertz CT molecular complexity index is 1050. The zero-order valence-corrected chi connectivity index (χ0v) is 15.9. The summed E-state index contributed by atoms with van der Waals surface area (Å²) in [6, 6.07) is 22.3. The van der Waals surface area contributed by atoms with Crippen LogP contribution in [0.4, 0.5) is 11.4 Å². The number of anilines is 2. The molecule has 0 heterocycles. The standard InChI is InChI=1S/C21H20N2O3S/c1-16-11-13-20(14-12-16)27(25,26)23(2)19-10-6-7-17(15-19)21(24)22-18-8-4-3-5-9-18/h3-15H,1-2H3,(H,22,24). The Morgan fingerprint density at radius 1 is 0.889 bits per heavy atom. The Balaban J connectivity index is 1.86. The smallest absolute Gasteiger partial charge is 0.264 e. The lowest BCUT2D eigenvalue weighted by Crippen LogP contribution is -2.26. The Morgan fingerprint density at radius 2 is 1.56 bits per heavy atom. The highest BCUT2D eigenvalue weighted by molar-refractivity contribution is 7.92. The van der Waals surface area contributed by atoms with E-state index in [0.717, 1.165) is 5.56 Å². The molecule has 0 aliphatic heterocycles. The Hall–Kier alpha value is -3.12. The molecular weight excluding hydrogens is 360 g/mol. The molecule has 3 rings (SSSR count). The fourth-order valence-electron chi connectivity index (χ4n) is 2.57. The van der Waals surface area contributed by atoms with E-state index in [1.165, 1.54) is 11.4 Å². The molecule has 0 aliphatic rings. The summed E-state index contributed by atoms with van der Waals surface area (Å²) in [6.45, 7) is 1.90. The highest BCUT2D eigenvalue weighted by atomic mass is 32.2. The number of carbonyl (C=O) groups is 1. The second-order valence-corrected chi connectivity index (χ2v) is 8.13. The van der Waals surface area contributed by atoms with Crippen molar-refractivity contribution < 1.29 is 13.2 Å². The van der Waals surface area contributed by atoms with Gasteiger partial charge in [-0.25, -0.2) is 8.42 Å². The molecule has 0 spiro atoms. The minimum atomic E-state index is -3.71. The lowest BCUT2D eigenvalue weighted by molar-refractivity contribution is 0.102. The van der Waals surface area contributed by atoms with Gasteiger partial charge in [0.05, 0.1) is 10.6 Å². The van der Waals surface area contributed by atoms with E-state index in [2.05, 4.69) is 5.32 Å². The SMILES string of the molecule is Cc1ccc(S(=O)(=O)N(C)c2cccc(C(=O)Nc3ccccc3)c2)cc1. The number of para-hydroxylation sites is 1. The molecule has 3 aromatic rings. The number of carbonyl (C=O) groups excluding carboxylic acids is 1. The average molecular weight is 380 g/mol. The minimum Gasteiger partial charge on any atom is -0.322 e. The number of benzene rings is 3. The summed E-state index contributed by atoms with van der Waals surface area (Å²) in [4.78, 5) is 12.7. The van der Waals surface area contributed by atoms with Gasteiger partial charge in [-0.2, -0.15) is 0 Å². The number of nitrogens with zero attached hydrogens (tertiary/aromatic N) is 1. The first-order chi connectivity index (χ1) is 12.9. The normalized spacial score (nSPS) is 11.0. The lowest BCUT2D eigenvalue weighted by atomic mass is 10.2. The molecule has 5 nitrogen and oxygen atoms in total. The maximum atomic E-state index is 12.8. The number of rotatable bonds is 5. The Morgan fingerprint density at radius 3 is 2.22 bits per heavy atom. The van der Waals surface area contributed by atoms with Gasteiger partial charge < -0.3 is 5.32 Å². The first-order valence-electron chi connectivity index (χ1n) is 8.40. The van der Waals surface area contributed by atoms with Crippen molar-refractivity contribution in [2.24, 2.45) is 0 Å². The van der Waals surface area contributed by atoms with Crippen molar-refractivity contribution in [2.75, 3.05) is 16.7 Å². The van der Waals surface area contributed by atoms with Crippen LogP contribution >= 0.6 is 0 Å². The largest absolute Gasteiger partial charge is 0.322 e. The third-order valence-corrected chi connectivity index (χ3v) is 5.98. The summed E-state index contributed by atoms with van der Waals surface area (Å²) in [6.07, 6.45) is 0. The molecule has 3 aromatic carbocycles. The highest BCUT2D eigenvalue weighted by Crippen LogP contribution is 2.23. The van der Waals surface area contributed by atoms with Gasteiger partial charge in [-0.3, -0.25) is 9.10 Å². The molecule has 0 unspecified atom stereocenters. The van der Waals surface area contributed by atoms with Crippen LogP contribution in [0.5, 0.6) is 0 Å². The van der Waals surface area contributed by atoms with Gasteiger partial charge in [0.25, 0.3) is 15.9 Å². The highest BCUT2D eigenvalue weighted by Gasteiger charge is 2.21. The topological polar surface area (TPSA) is 66.5 Å². The molecule has 1 amide bonds. The van der Waals surface area contributed by atoms with Crippen LogP contribution in [0.2, 0.25) is 0 Å². The molecule has 0 bridgehead atoms. The summed E-state index contributed by atoms with van der Waals surface area (Å²) in [7, 11) is -2.23. The number of aryl methyl sites for hydroxylation is 1. The molecular formula is C21H20N2O3S. The maximum absolute atomic E-state index is 12.8. The molecule has 0 fully saturated rings. The monoisotopic (exact) mass is 380 g/mol. The van der Waals surface area contributed by atoms with Crippen LogP contribution in [0.3, 0.4) is 0 Å². The van der Waals surface area contributed by atoms with Crippen LogP contribution in [-0.4, -0.2) is 21.4 Å². The fraction of sp³-hybridized carbons (Fsp3) is 0.0952. The summed E-state index contributed by atoms with van der Waals surface area (Å²) >= 11 is 0.